The highest BCUT2D eigenvalue weighted by Gasteiger charge is 2.18. The van der Waals surface area contributed by atoms with Gasteiger partial charge in [-0.2, -0.15) is 0 Å². The van der Waals surface area contributed by atoms with E-state index in [1.54, 1.807) is 11.8 Å². The van der Waals surface area contributed by atoms with Crippen molar-refractivity contribution in [2.75, 3.05) is 45.0 Å². The molecule has 144 valence electrons. The molecule has 1 heterocycles. The summed E-state index contributed by atoms with van der Waals surface area (Å²) in [5.74, 6) is 1.04. The Morgan fingerprint density at radius 2 is 1.63 bits per heavy atom. The summed E-state index contributed by atoms with van der Waals surface area (Å²) < 4.78 is 0. The Kier molecular flexibility index (Phi) is 7.75. The van der Waals surface area contributed by atoms with E-state index in [1.165, 1.54) is 16.0 Å². The maximum absolute atomic E-state index is 12.2. The first-order valence-corrected chi connectivity index (χ1v) is 10.6. The predicted octanol–water partition coefficient (Wildman–Crippen LogP) is 3.02. The van der Waals surface area contributed by atoms with Gasteiger partial charge in [-0.3, -0.25) is 14.6 Å². The van der Waals surface area contributed by atoms with Crippen molar-refractivity contribution in [3.05, 3.63) is 65.7 Å². The number of amides is 1. The monoisotopic (exact) mass is 383 g/mol. The summed E-state index contributed by atoms with van der Waals surface area (Å²) in [7, 11) is 0. The molecule has 1 aliphatic rings. The molecule has 0 bridgehead atoms. The van der Waals surface area contributed by atoms with Gasteiger partial charge >= 0.3 is 0 Å². The number of nitrogens with zero attached hydrogens (tertiary/aromatic N) is 2. The molecule has 1 saturated heterocycles. The molecule has 0 saturated carbocycles. The van der Waals surface area contributed by atoms with E-state index in [0.717, 1.165) is 38.5 Å². The van der Waals surface area contributed by atoms with Crippen molar-refractivity contribution in [1.29, 1.82) is 0 Å². The number of aryl methyl sites for hydroxylation is 1. The van der Waals surface area contributed by atoms with E-state index in [0.29, 0.717) is 13.1 Å². The van der Waals surface area contributed by atoms with Crippen LogP contribution in [0.15, 0.2) is 59.5 Å². The molecule has 0 aromatic heterocycles. The molecule has 0 spiro atoms. The normalized spacial score (nSPS) is 15.6. The molecule has 0 aliphatic carbocycles. The fraction of sp³-hybridized carbons (Fsp3) is 0.409. The van der Waals surface area contributed by atoms with Crippen LogP contribution in [0.3, 0.4) is 0 Å². The van der Waals surface area contributed by atoms with Crippen molar-refractivity contribution in [2.45, 2.75) is 18.4 Å². The van der Waals surface area contributed by atoms with Crippen molar-refractivity contribution < 1.29 is 4.79 Å². The van der Waals surface area contributed by atoms with Gasteiger partial charge in [0.2, 0.25) is 5.91 Å². The highest BCUT2D eigenvalue weighted by molar-refractivity contribution is 7.99. The molecule has 1 aliphatic heterocycles. The molecule has 0 unspecified atom stereocenters. The van der Waals surface area contributed by atoms with Gasteiger partial charge in [-0.25, -0.2) is 0 Å². The lowest BCUT2D eigenvalue weighted by Crippen LogP contribution is -2.49. The van der Waals surface area contributed by atoms with Gasteiger partial charge in [-0.1, -0.05) is 48.0 Å². The molecule has 1 N–H and O–H groups in total. The molecule has 27 heavy (non-hydrogen) atoms. The van der Waals surface area contributed by atoms with Gasteiger partial charge in [0.25, 0.3) is 0 Å². The van der Waals surface area contributed by atoms with Crippen molar-refractivity contribution in [3.8, 4) is 0 Å². The van der Waals surface area contributed by atoms with Crippen LogP contribution in [-0.4, -0.2) is 60.7 Å². The number of carbonyl (C=O) groups excluding carboxylic acids is 1. The van der Waals surface area contributed by atoms with Crippen LogP contribution in [0.2, 0.25) is 0 Å². The molecule has 2 aromatic carbocycles. The van der Waals surface area contributed by atoms with E-state index < -0.39 is 0 Å². The first-order chi connectivity index (χ1) is 13.2. The SMILES string of the molecule is Cc1ccc(SCCNC(=O)CN2CCN(Cc3ccccc3)CC2)cc1. The van der Waals surface area contributed by atoms with Crippen molar-refractivity contribution in [1.82, 2.24) is 15.1 Å². The molecular formula is C22H29N3OS. The Morgan fingerprint density at radius 1 is 0.963 bits per heavy atom. The maximum atomic E-state index is 12.2. The summed E-state index contributed by atoms with van der Waals surface area (Å²) in [6.45, 7) is 8.26. The zero-order valence-electron chi connectivity index (χ0n) is 16.1. The number of benzene rings is 2. The third-order valence-corrected chi connectivity index (χ3v) is 5.81. The van der Waals surface area contributed by atoms with Gasteiger partial charge in [0.05, 0.1) is 6.54 Å². The molecule has 3 rings (SSSR count). The number of rotatable bonds is 8. The number of piperazine rings is 1. The van der Waals surface area contributed by atoms with Crippen molar-refractivity contribution >= 4 is 17.7 Å². The lowest BCUT2D eigenvalue weighted by molar-refractivity contribution is -0.122. The largest absolute Gasteiger partial charge is 0.354 e. The number of nitrogens with one attached hydrogen (secondary N) is 1. The molecule has 5 heteroatoms. The minimum absolute atomic E-state index is 0.135. The number of carbonyl (C=O) groups is 1. The molecule has 2 aromatic rings. The van der Waals surface area contributed by atoms with Crippen LogP contribution >= 0.6 is 11.8 Å². The van der Waals surface area contributed by atoms with Gasteiger partial charge in [0.1, 0.15) is 0 Å². The van der Waals surface area contributed by atoms with Crippen LogP contribution in [-0.2, 0) is 11.3 Å². The molecular weight excluding hydrogens is 354 g/mol. The van der Waals surface area contributed by atoms with Crippen molar-refractivity contribution in [2.24, 2.45) is 0 Å². The van der Waals surface area contributed by atoms with E-state index in [1.807, 2.05) is 0 Å². The van der Waals surface area contributed by atoms with Crippen LogP contribution in [0.5, 0.6) is 0 Å². The molecule has 0 radical (unpaired) electrons. The Balaban J connectivity index is 1.28. The van der Waals surface area contributed by atoms with Crippen LogP contribution in [0.4, 0.5) is 0 Å². The Morgan fingerprint density at radius 3 is 2.33 bits per heavy atom. The Hall–Kier alpha value is -1.82. The summed E-state index contributed by atoms with van der Waals surface area (Å²) >= 11 is 1.78. The van der Waals surface area contributed by atoms with Crippen LogP contribution in [0, 0.1) is 6.92 Å². The van der Waals surface area contributed by atoms with Gasteiger partial charge < -0.3 is 5.32 Å². The second-order valence-electron chi connectivity index (χ2n) is 7.05. The van der Waals surface area contributed by atoms with Gasteiger partial charge in [-0.05, 0) is 24.6 Å². The number of thioether (sulfide) groups is 1. The van der Waals surface area contributed by atoms with Crippen molar-refractivity contribution in [3.63, 3.8) is 0 Å². The smallest absolute Gasteiger partial charge is 0.234 e. The van der Waals surface area contributed by atoms with E-state index in [2.05, 4.69) is 76.6 Å². The lowest BCUT2D eigenvalue weighted by atomic mass is 10.2. The van der Waals surface area contributed by atoms with E-state index in [9.17, 15) is 4.79 Å². The zero-order valence-corrected chi connectivity index (χ0v) is 16.9. The van der Waals surface area contributed by atoms with Crippen LogP contribution < -0.4 is 5.32 Å². The third-order valence-electron chi connectivity index (χ3n) is 4.80. The average Bonchev–Trinajstić information content (AvgIpc) is 2.69. The van der Waals surface area contributed by atoms with E-state index in [-0.39, 0.29) is 5.91 Å². The fourth-order valence-corrected chi connectivity index (χ4v) is 3.97. The summed E-state index contributed by atoms with van der Waals surface area (Å²) in [6.07, 6.45) is 0. The quantitative estimate of drug-likeness (QED) is 0.561. The second-order valence-corrected chi connectivity index (χ2v) is 8.22. The number of hydrogen-bond donors (Lipinski definition) is 1. The van der Waals surface area contributed by atoms with E-state index >= 15 is 0 Å². The summed E-state index contributed by atoms with van der Waals surface area (Å²) in [6, 6.07) is 19.1. The Labute approximate surface area is 166 Å². The van der Waals surface area contributed by atoms with Crippen LogP contribution in [0.1, 0.15) is 11.1 Å². The van der Waals surface area contributed by atoms with Crippen LogP contribution in [0.25, 0.3) is 0 Å². The summed E-state index contributed by atoms with van der Waals surface area (Å²) in [4.78, 5) is 18.1. The first kappa shape index (κ1) is 19.9. The standard InChI is InChI=1S/C22H29N3OS/c1-19-7-9-21(10-8-19)27-16-11-23-22(26)18-25-14-12-24(13-15-25)17-20-5-3-2-4-6-20/h2-10H,11-18H2,1H3,(H,23,26). The minimum atomic E-state index is 0.135. The second kappa shape index (κ2) is 10.5. The molecule has 1 fully saturated rings. The zero-order chi connectivity index (χ0) is 18.9. The lowest BCUT2D eigenvalue weighted by Gasteiger charge is -2.34. The summed E-state index contributed by atoms with van der Waals surface area (Å²) in [5, 5.41) is 3.05. The Bertz CT molecular complexity index is 697. The van der Waals surface area contributed by atoms with Gasteiger partial charge in [-0.15, -0.1) is 11.8 Å². The topological polar surface area (TPSA) is 35.6 Å². The summed E-state index contributed by atoms with van der Waals surface area (Å²) in [5.41, 5.74) is 2.63. The first-order valence-electron chi connectivity index (χ1n) is 9.64. The van der Waals surface area contributed by atoms with Gasteiger partial charge in [0.15, 0.2) is 0 Å². The molecule has 0 atom stereocenters. The molecule has 1 amide bonds. The molecule has 4 nitrogen and oxygen atoms in total. The minimum Gasteiger partial charge on any atom is -0.354 e. The third kappa shape index (κ3) is 7.01. The average molecular weight is 384 g/mol. The predicted molar refractivity (Wildman–Crippen MR) is 113 cm³/mol. The van der Waals surface area contributed by atoms with E-state index in [4.69, 9.17) is 0 Å². The number of hydrogen-bond acceptors (Lipinski definition) is 4. The fourth-order valence-electron chi connectivity index (χ4n) is 3.20. The van der Waals surface area contributed by atoms with Gasteiger partial charge in [0, 0.05) is 49.9 Å². The maximum Gasteiger partial charge on any atom is 0.234 e. The highest BCUT2D eigenvalue weighted by atomic mass is 32.2. The highest BCUT2D eigenvalue weighted by Crippen LogP contribution is 2.17.